The Balaban J connectivity index is 1.55. The Morgan fingerprint density at radius 1 is 1.16 bits per heavy atom. The van der Waals surface area contributed by atoms with Crippen molar-refractivity contribution in [2.45, 2.75) is 12.8 Å². The van der Waals surface area contributed by atoms with E-state index < -0.39 is 0 Å². The predicted molar refractivity (Wildman–Crippen MR) is 94.6 cm³/mol. The van der Waals surface area contributed by atoms with Crippen LogP contribution in [0.15, 0.2) is 53.6 Å². The first kappa shape index (κ1) is 15.1. The number of hydrogen-bond acceptors (Lipinski definition) is 4. The average molecular weight is 332 g/mol. The van der Waals surface area contributed by atoms with Crippen LogP contribution in [0.2, 0.25) is 0 Å². The highest BCUT2D eigenvalue weighted by Gasteiger charge is 2.24. The number of nitrogens with one attached hydrogen (secondary N) is 2. The van der Waals surface area contributed by atoms with Crippen LogP contribution in [0, 0.1) is 0 Å². The quantitative estimate of drug-likeness (QED) is 0.509. The van der Waals surface area contributed by atoms with Gasteiger partial charge in [0.1, 0.15) is 11.4 Å². The molecule has 124 valence electrons. The van der Waals surface area contributed by atoms with E-state index in [4.69, 9.17) is 0 Å². The van der Waals surface area contributed by atoms with Crippen molar-refractivity contribution in [3.05, 3.63) is 70.9 Å². The van der Waals surface area contributed by atoms with E-state index in [0.29, 0.717) is 11.3 Å². The fourth-order valence-corrected chi connectivity index (χ4v) is 3.06. The first-order chi connectivity index (χ1) is 12.2. The van der Waals surface area contributed by atoms with Crippen molar-refractivity contribution in [3.8, 4) is 17.0 Å². The molecule has 0 saturated heterocycles. The second-order valence-corrected chi connectivity index (χ2v) is 5.84. The Morgan fingerprint density at radius 2 is 1.96 bits per heavy atom. The monoisotopic (exact) mass is 332 g/mol. The van der Waals surface area contributed by atoms with E-state index in [1.54, 1.807) is 24.3 Å². The van der Waals surface area contributed by atoms with Gasteiger partial charge in [0.15, 0.2) is 0 Å². The average Bonchev–Trinajstić information content (AvgIpc) is 3.08. The van der Waals surface area contributed by atoms with Crippen LogP contribution < -0.4 is 5.43 Å². The van der Waals surface area contributed by atoms with Gasteiger partial charge in [-0.3, -0.25) is 9.89 Å². The van der Waals surface area contributed by atoms with Crippen LogP contribution in [0.4, 0.5) is 0 Å². The number of para-hydroxylation sites is 1. The lowest BCUT2D eigenvalue weighted by Gasteiger charge is -2.15. The summed E-state index contributed by atoms with van der Waals surface area (Å²) in [5, 5.41) is 20.8. The summed E-state index contributed by atoms with van der Waals surface area (Å²) in [5.74, 6) is -0.240. The summed E-state index contributed by atoms with van der Waals surface area (Å²) in [4.78, 5) is 12.4. The number of aromatic nitrogens is 2. The van der Waals surface area contributed by atoms with Gasteiger partial charge in [-0.05, 0) is 30.5 Å². The highest BCUT2D eigenvalue weighted by molar-refractivity contribution is 5.96. The highest BCUT2D eigenvalue weighted by atomic mass is 16.3. The molecule has 0 fully saturated rings. The first-order valence-electron chi connectivity index (χ1n) is 8.01. The highest BCUT2D eigenvalue weighted by Crippen LogP contribution is 2.33. The van der Waals surface area contributed by atoms with Crippen LogP contribution in [0.5, 0.6) is 5.75 Å². The Labute approximate surface area is 144 Å². The number of rotatable bonds is 3. The van der Waals surface area contributed by atoms with Gasteiger partial charge in [0.05, 0.1) is 11.9 Å². The minimum atomic E-state index is -0.347. The summed E-state index contributed by atoms with van der Waals surface area (Å²) in [6, 6.07) is 14.9. The SMILES string of the molecule is O=C(N/N=C\c1ccccc1O)c1[nH]nc2c1CCc1ccccc1-2. The van der Waals surface area contributed by atoms with E-state index in [0.717, 1.165) is 29.7 Å². The van der Waals surface area contributed by atoms with Gasteiger partial charge in [0.25, 0.3) is 5.91 Å². The molecule has 1 aromatic heterocycles. The zero-order valence-corrected chi connectivity index (χ0v) is 13.4. The molecule has 0 bridgehead atoms. The van der Waals surface area contributed by atoms with Crippen molar-refractivity contribution in [1.82, 2.24) is 15.6 Å². The smallest absolute Gasteiger partial charge is 0.289 e. The van der Waals surface area contributed by atoms with Gasteiger partial charge in [-0.1, -0.05) is 36.4 Å². The van der Waals surface area contributed by atoms with Gasteiger partial charge in [-0.15, -0.1) is 0 Å². The molecule has 0 saturated carbocycles. The summed E-state index contributed by atoms with van der Waals surface area (Å²) < 4.78 is 0. The maximum Gasteiger partial charge on any atom is 0.289 e. The van der Waals surface area contributed by atoms with Crippen LogP contribution in [0.1, 0.15) is 27.2 Å². The van der Waals surface area contributed by atoms with E-state index in [-0.39, 0.29) is 11.7 Å². The minimum absolute atomic E-state index is 0.107. The Kier molecular flexibility index (Phi) is 3.78. The lowest BCUT2D eigenvalue weighted by atomic mass is 9.89. The summed E-state index contributed by atoms with van der Waals surface area (Å²) >= 11 is 0. The number of phenolic OH excluding ortho intramolecular Hbond substituents is 1. The molecule has 6 nitrogen and oxygen atoms in total. The van der Waals surface area contributed by atoms with Crippen LogP contribution in [0.25, 0.3) is 11.3 Å². The Bertz CT molecular complexity index is 975. The molecule has 1 heterocycles. The van der Waals surface area contributed by atoms with Gasteiger partial charge < -0.3 is 5.11 Å². The molecule has 0 radical (unpaired) electrons. The first-order valence-corrected chi connectivity index (χ1v) is 8.01. The molecule has 0 aliphatic heterocycles. The minimum Gasteiger partial charge on any atom is -0.507 e. The summed E-state index contributed by atoms with van der Waals surface area (Å²) in [6.45, 7) is 0. The van der Waals surface area contributed by atoms with Gasteiger partial charge in [-0.25, -0.2) is 5.43 Å². The molecule has 1 aliphatic rings. The maximum atomic E-state index is 12.4. The van der Waals surface area contributed by atoms with E-state index in [2.05, 4.69) is 26.8 Å². The molecule has 25 heavy (non-hydrogen) atoms. The van der Waals surface area contributed by atoms with E-state index >= 15 is 0 Å². The molecular formula is C19H16N4O2. The van der Waals surface area contributed by atoms with Gasteiger partial charge in [-0.2, -0.15) is 10.2 Å². The summed E-state index contributed by atoms with van der Waals surface area (Å²) in [6.07, 6.45) is 3.05. The Hall–Kier alpha value is -3.41. The number of hydrazone groups is 1. The number of phenols is 1. The molecule has 0 unspecified atom stereocenters. The topological polar surface area (TPSA) is 90.4 Å². The van der Waals surface area contributed by atoms with Crippen molar-refractivity contribution in [3.63, 3.8) is 0 Å². The molecule has 3 N–H and O–H groups in total. The fraction of sp³-hybridized carbons (Fsp3) is 0.105. The second-order valence-electron chi connectivity index (χ2n) is 5.84. The van der Waals surface area contributed by atoms with E-state index in [9.17, 15) is 9.90 Å². The lowest BCUT2D eigenvalue weighted by Crippen LogP contribution is -2.20. The number of hydrogen-bond donors (Lipinski definition) is 3. The zero-order chi connectivity index (χ0) is 17.2. The number of carbonyl (C=O) groups excluding carboxylic acids is 1. The standard InChI is InChI=1S/C19H16N4O2/c24-16-8-4-2-6-13(16)11-20-23-19(25)18-15-10-9-12-5-1-3-7-14(12)17(15)21-22-18/h1-8,11,24H,9-10H2,(H,21,22)(H,23,25)/b20-11-. The number of aromatic amines is 1. The molecule has 0 spiro atoms. The summed E-state index contributed by atoms with van der Waals surface area (Å²) in [7, 11) is 0. The van der Waals surface area contributed by atoms with E-state index in [1.807, 2.05) is 18.2 Å². The van der Waals surface area contributed by atoms with Crippen molar-refractivity contribution >= 4 is 12.1 Å². The fourth-order valence-electron chi connectivity index (χ4n) is 3.06. The molecular weight excluding hydrogens is 316 g/mol. The molecule has 4 rings (SSSR count). The number of carbonyl (C=O) groups is 1. The van der Waals surface area contributed by atoms with Crippen molar-refractivity contribution in [2.24, 2.45) is 5.10 Å². The van der Waals surface area contributed by atoms with Crippen molar-refractivity contribution in [1.29, 1.82) is 0 Å². The number of fused-ring (bicyclic) bond motifs is 3. The number of benzene rings is 2. The second kappa shape index (κ2) is 6.24. The molecule has 0 atom stereocenters. The molecule has 3 aromatic rings. The van der Waals surface area contributed by atoms with Gasteiger partial charge in [0, 0.05) is 16.7 Å². The van der Waals surface area contributed by atoms with Crippen LogP contribution in [0.3, 0.4) is 0 Å². The lowest BCUT2D eigenvalue weighted by molar-refractivity contribution is 0.0949. The zero-order valence-electron chi connectivity index (χ0n) is 13.4. The largest absolute Gasteiger partial charge is 0.507 e. The number of aromatic hydroxyl groups is 1. The van der Waals surface area contributed by atoms with Crippen molar-refractivity contribution in [2.75, 3.05) is 0 Å². The van der Waals surface area contributed by atoms with Crippen LogP contribution in [-0.4, -0.2) is 27.4 Å². The number of H-pyrrole nitrogens is 1. The molecule has 1 aliphatic carbocycles. The normalized spacial score (nSPS) is 12.6. The third-order valence-electron chi connectivity index (χ3n) is 4.32. The third-order valence-corrected chi connectivity index (χ3v) is 4.32. The molecule has 6 heteroatoms. The summed E-state index contributed by atoms with van der Waals surface area (Å²) in [5.41, 5.74) is 7.49. The van der Waals surface area contributed by atoms with Gasteiger partial charge in [0.2, 0.25) is 0 Å². The number of amides is 1. The number of aryl methyl sites for hydroxylation is 1. The maximum absolute atomic E-state index is 12.4. The van der Waals surface area contributed by atoms with Crippen molar-refractivity contribution < 1.29 is 9.90 Å². The van der Waals surface area contributed by atoms with Gasteiger partial charge >= 0.3 is 0 Å². The van der Waals surface area contributed by atoms with Crippen LogP contribution >= 0.6 is 0 Å². The number of nitrogens with zero attached hydrogens (tertiary/aromatic N) is 2. The van der Waals surface area contributed by atoms with E-state index in [1.165, 1.54) is 11.8 Å². The molecule has 1 amide bonds. The Morgan fingerprint density at radius 3 is 2.84 bits per heavy atom. The third kappa shape index (κ3) is 2.78. The molecule has 2 aromatic carbocycles. The van der Waals surface area contributed by atoms with Crippen LogP contribution in [-0.2, 0) is 12.8 Å². The predicted octanol–water partition coefficient (Wildman–Crippen LogP) is 2.64.